The molecule has 0 aliphatic rings. The molecule has 6 aromatic heterocycles. The van der Waals surface area contributed by atoms with Gasteiger partial charge in [-0.15, -0.1) is 34.2 Å². The monoisotopic (exact) mass is 1190 g/mol. The number of anilines is 3. The highest BCUT2D eigenvalue weighted by Gasteiger charge is 2.12. The molecule has 3 aromatic carbocycles. The summed E-state index contributed by atoms with van der Waals surface area (Å²) in [7, 11) is 8.04. The Labute approximate surface area is 490 Å². The number of nitrogens with zero attached hydrogens (tertiary/aromatic N) is 10. The molecule has 0 saturated carbocycles. The largest absolute Gasteiger partial charge is 0.508 e. The van der Waals surface area contributed by atoms with Crippen molar-refractivity contribution in [3.8, 4) is 28.9 Å². The molecular formula is C55H74Cl6N14O3. The standard InChI is InChI=1S/C19H24ClN5O.C15H15ClN4O.C9H5Cl2NO.C6H11N3.C4H10ClN.2CH4.ClH/c1-13(2)21-18-7-8-25(23-18)19-12-16(20)15-6-5-14(11-17(15)22-19)26-10-9-24(3)4;1-9(2)17-14-5-6-20(19-14)15-8-12(16)11-4-3-10(21)7-13(11)18-15;10-7-4-9(11)12-8-3-5(13)1-2-6(7)8;1-5(2)8-6-3-4-7-9-6;1-6(2)4-3-5;;;/h5-8,11-13H,9-10H2,1-4H3,(H,21,23);3-9,21H,1-2H3,(H,17,19);1-4,13H;3-5H,1-2H3,(H2,7,8,9);3-4H2,1-2H3;2*1H4;1H. The summed E-state index contributed by atoms with van der Waals surface area (Å²) in [5, 5.41) is 48.5. The Bertz CT molecular complexity index is 3180. The molecule has 0 radical (unpaired) electrons. The third-order valence-electron chi connectivity index (χ3n) is 9.96. The quantitative estimate of drug-likeness (QED) is 0.0444. The van der Waals surface area contributed by atoms with E-state index in [9.17, 15) is 10.2 Å². The van der Waals surface area contributed by atoms with Gasteiger partial charge in [0, 0.05) is 108 Å². The molecule has 0 fully saturated rings. The average molecular weight is 1190 g/mol. The molecule has 9 rings (SSSR count). The maximum absolute atomic E-state index is 9.57. The van der Waals surface area contributed by atoms with Crippen LogP contribution in [0.1, 0.15) is 56.4 Å². The number of aromatic amines is 1. The van der Waals surface area contributed by atoms with Gasteiger partial charge in [-0.05, 0) is 118 Å². The molecule has 9 aromatic rings. The zero-order valence-electron chi connectivity index (χ0n) is 44.0. The van der Waals surface area contributed by atoms with E-state index in [1.807, 2.05) is 102 Å². The highest BCUT2D eigenvalue weighted by molar-refractivity contribution is 6.38. The molecule has 6 N–H and O–H groups in total. The minimum Gasteiger partial charge on any atom is -0.508 e. The van der Waals surface area contributed by atoms with Gasteiger partial charge in [0.25, 0.3) is 0 Å². The van der Waals surface area contributed by atoms with E-state index in [0.717, 1.165) is 63.8 Å². The molecule has 6 heterocycles. The molecule has 0 bridgehead atoms. The lowest BCUT2D eigenvalue weighted by Crippen LogP contribution is -2.19. The summed E-state index contributed by atoms with van der Waals surface area (Å²) in [6.07, 6.45) is 5.41. The molecule has 78 heavy (non-hydrogen) atoms. The second-order valence-corrected chi connectivity index (χ2v) is 20.2. The first-order chi connectivity index (χ1) is 35.7. The zero-order chi connectivity index (χ0) is 54.8. The third kappa shape index (κ3) is 22.0. The van der Waals surface area contributed by atoms with Crippen LogP contribution in [0.3, 0.4) is 0 Å². The Kier molecular flexibility index (Phi) is 29.2. The van der Waals surface area contributed by atoms with Gasteiger partial charge in [-0.3, -0.25) is 5.10 Å². The van der Waals surface area contributed by atoms with Crippen LogP contribution in [-0.4, -0.2) is 137 Å². The summed E-state index contributed by atoms with van der Waals surface area (Å²) in [6, 6.07) is 27.4. The van der Waals surface area contributed by atoms with Gasteiger partial charge >= 0.3 is 0 Å². The Morgan fingerprint density at radius 2 is 1.03 bits per heavy atom. The molecule has 17 nitrogen and oxygen atoms in total. The number of ether oxygens (including phenoxy) is 1. The van der Waals surface area contributed by atoms with E-state index in [1.165, 1.54) is 6.07 Å². The van der Waals surface area contributed by atoms with E-state index in [-0.39, 0.29) is 38.8 Å². The molecule has 0 spiro atoms. The van der Waals surface area contributed by atoms with Crippen molar-refractivity contribution < 1.29 is 14.9 Å². The molecule has 0 aliphatic heterocycles. The molecule has 0 aliphatic carbocycles. The summed E-state index contributed by atoms with van der Waals surface area (Å²) < 4.78 is 9.17. The number of pyridine rings is 3. The summed E-state index contributed by atoms with van der Waals surface area (Å²) in [5.74, 6) is 5.65. The van der Waals surface area contributed by atoms with Gasteiger partial charge in [0.2, 0.25) is 0 Å². The van der Waals surface area contributed by atoms with Gasteiger partial charge in [0.15, 0.2) is 11.6 Å². The minimum atomic E-state index is 0. The maximum Gasteiger partial charge on any atom is 0.155 e. The van der Waals surface area contributed by atoms with E-state index in [2.05, 4.69) is 78.9 Å². The van der Waals surface area contributed by atoms with Gasteiger partial charge in [0.05, 0.1) is 37.8 Å². The number of rotatable bonds is 14. The van der Waals surface area contributed by atoms with Crippen molar-refractivity contribution in [3.63, 3.8) is 0 Å². The topological polar surface area (TPSA) is 195 Å². The SMILES string of the molecule is C.C.CC(C)Nc1ccn(-c2cc(Cl)c3ccc(O)cc3n2)n1.CC(C)Nc1ccn(-c2cc(Cl)c3ccc(OCCN(C)C)cc3n2)n1.CC(C)Nc1ccn[nH]1.CN(C)CCCl.Cl.Oc1ccc2c(Cl)cc(Cl)nc2c1. The summed E-state index contributed by atoms with van der Waals surface area (Å²) in [5.41, 5.74) is 2.01. The van der Waals surface area contributed by atoms with Gasteiger partial charge in [-0.25, -0.2) is 24.3 Å². The van der Waals surface area contributed by atoms with Crippen molar-refractivity contribution in [2.45, 2.75) is 74.5 Å². The number of hydrogen-bond acceptors (Lipinski definition) is 14. The molecular weight excluding hydrogens is 1120 g/mol. The number of H-pyrrole nitrogens is 1. The van der Waals surface area contributed by atoms with Crippen molar-refractivity contribution in [2.75, 3.05) is 69.7 Å². The molecule has 0 amide bonds. The summed E-state index contributed by atoms with van der Waals surface area (Å²) in [4.78, 5) is 17.3. The van der Waals surface area contributed by atoms with Crippen LogP contribution >= 0.6 is 70.4 Å². The number of benzene rings is 3. The van der Waals surface area contributed by atoms with Crippen LogP contribution in [0.2, 0.25) is 20.2 Å². The smallest absolute Gasteiger partial charge is 0.155 e. The van der Waals surface area contributed by atoms with E-state index in [1.54, 1.807) is 58.0 Å². The highest BCUT2D eigenvalue weighted by atomic mass is 35.5. The second-order valence-electron chi connectivity index (χ2n) is 18.2. The number of halogens is 6. The van der Waals surface area contributed by atoms with Crippen molar-refractivity contribution in [1.29, 1.82) is 0 Å². The normalized spacial score (nSPS) is 10.6. The Morgan fingerprint density at radius 1 is 0.577 bits per heavy atom. The van der Waals surface area contributed by atoms with Gasteiger partial charge in [0.1, 0.15) is 46.5 Å². The first-order valence-electron chi connectivity index (χ1n) is 23.9. The Balaban J connectivity index is 0.000000357. The number of aromatic hydroxyl groups is 2. The van der Waals surface area contributed by atoms with Crippen LogP contribution in [0.4, 0.5) is 17.5 Å². The lowest BCUT2D eigenvalue weighted by Gasteiger charge is -2.12. The van der Waals surface area contributed by atoms with Crippen LogP contribution in [0.5, 0.6) is 17.2 Å². The number of hydrogen-bond donors (Lipinski definition) is 6. The van der Waals surface area contributed by atoms with Crippen LogP contribution < -0.4 is 20.7 Å². The van der Waals surface area contributed by atoms with Gasteiger partial charge in [-0.1, -0.05) is 61.3 Å². The van der Waals surface area contributed by atoms with Gasteiger partial charge in [-0.2, -0.15) is 5.10 Å². The van der Waals surface area contributed by atoms with Crippen LogP contribution in [-0.2, 0) is 0 Å². The van der Waals surface area contributed by atoms with Crippen molar-refractivity contribution >= 4 is 121 Å². The van der Waals surface area contributed by atoms with E-state index in [4.69, 9.17) is 67.7 Å². The molecule has 0 unspecified atom stereocenters. The van der Waals surface area contributed by atoms with E-state index < -0.39 is 0 Å². The number of likely N-dealkylation sites (N-methyl/N-ethyl adjacent to an activating group) is 1. The predicted octanol–water partition coefficient (Wildman–Crippen LogP) is 14.4. The van der Waals surface area contributed by atoms with Crippen LogP contribution in [0.15, 0.2) is 110 Å². The number of phenols is 2. The maximum atomic E-state index is 9.57. The summed E-state index contributed by atoms with van der Waals surface area (Å²) >= 11 is 29.7. The fourth-order valence-electron chi connectivity index (χ4n) is 6.59. The van der Waals surface area contributed by atoms with Gasteiger partial charge < -0.3 is 40.7 Å². The minimum absolute atomic E-state index is 0. The average Bonchev–Trinajstić information content (AvgIpc) is 4.13. The lowest BCUT2D eigenvalue weighted by molar-refractivity contribution is 0.261. The fourth-order valence-corrected chi connectivity index (χ4v) is 7.97. The third-order valence-corrected chi connectivity index (χ3v) is 11.3. The Morgan fingerprint density at radius 3 is 1.45 bits per heavy atom. The molecule has 424 valence electrons. The number of aromatic nitrogens is 9. The number of alkyl halides is 1. The first kappa shape index (κ1) is 68.1. The highest BCUT2D eigenvalue weighted by Crippen LogP contribution is 2.30. The zero-order valence-corrected chi connectivity index (χ0v) is 48.6. The second kappa shape index (κ2) is 33.4. The van der Waals surface area contributed by atoms with E-state index in [0.29, 0.717) is 67.6 Å². The Hall–Kier alpha value is -6.02. The molecule has 0 saturated heterocycles. The summed E-state index contributed by atoms with van der Waals surface area (Å²) in [6.45, 7) is 14.9. The number of nitrogens with one attached hydrogen (secondary N) is 4. The van der Waals surface area contributed by atoms with E-state index >= 15 is 0 Å². The molecule has 0 atom stereocenters. The van der Waals surface area contributed by atoms with Crippen molar-refractivity contribution in [1.82, 2.24) is 54.5 Å². The lowest BCUT2D eigenvalue weighted by atomic mass is 10.2. The van der Waals surface area contributed by atoms with Crippen molar-refractivity contribution in [3.05, 3.63) is 130 Å². The van der Waals surface area contributed by atoms with Crippen LogP contribution in [0.25, 0.3) is 44.3 Å². The number of phenolic OH excluding ortho intramolecular Hbond substituents is 2. The first-order valence-corrected chi connectivity index (χ1v) is 26.0. The fraction of sp³-hybridized carbons (Fsp3) is 0.345. The predicted molar refractivity (Wildman–Crippen MR) is 332 cm³/mol. The van der Waals surface area contributed by atoms with Crippen LogP contribution in [0, 0.1) is 0 Å². The van der Waals surface area contributed by atoms with Crippen molar-refractivity contribution in [2.24, 2.45) is 0 Å². The number of fused-ring (bicyclic) bond motifs is 3. The molecule has 23 heteroatoms.